The first-order valence-corrected chi connectivity index (χ1v) is 2.71. The van der Waals surface area contributed by atoms with E-state index in [9.17, 15) is 9.90 Å². The largest absolute Gasteiger partial charge is 2.00 e. The Balaban J connectivity index is -0.000000333. The van der Waals surface area contributed by atoms with E-state index in [1.807, 2.05) is 0 Å². The minimum atomic E-state index is -1.18. The van der Waals surface area contributed by atoms with Crippen molar-refractivity contribution >= 4 is 43.7 Å². The van der Waals surface area contributed by atoms with E-state index in [-0.39, 0.29) is 54.3 Å². The number of benzene rings is 1. The molecule has 5 nitrogen and oxygen atoms in total. The second-order valence-electron chi connectivity index (χ2n) is 1.80. The third-order valence-electron chi connectivity index (χ3n) is 1.12. The summed E-state index contributed by atoms with van der Waals surface area (Å²) in [6.07, 6.45) is 0. The minimum absolute atomic E-state index is 0. The van der Waals surface area contributed by atoms with Gasteiger partial charge >= 0.3 is 43.7 Å². The molecule has 13 heavy (non-hydrogen) atoms. The zero-order chi connectivity index (χ0) is 7.56. The summed E-state index contributed by atoms with van der Waals surface area (Å²) in [6.45, 7) is 0. The quantitative estimate of drug-likeness (QED) is 0.566. The van der Waals surface area contributed by atoms with Gasteiger partial charge in [0.2, 0.25) is 0 Å². The number of hydrogen-bond donors (Lipinski definition) is 1. The fourth-order valence-corrected chi connectivity index (χ4v) is 0.643. The van der Waals surface area contributed by atoms with Crippen LogP contribution in [0.2, 0.25) is 0 Å². The summed E-state index contributed by atoms with van der Waals surface area (Å²) in [7, 11) is 0. The van der Waals surface area contributed by atoms with Crippen molar-refractivity contribution in [1.29, 1.82) is 0 Å². The predicted octanol–water partition coefficient (Wildman–Crippen LogP) is -1.57. The van der Waals surface area contributed by atoms with Crippen LogP contribution in [0, 0.1) is 0 Å². The summed E-state index contributed by atoms with van der Waals surface area (Å²) in [4.78, 5) is 10.2. The van der Waals surface area contributed by atoms with Gasteiger partial charge in [-0.05, 0) is 6.07 Å². The molecule has 0 aliphatic heterocycles. The van der Waals surface area contributed by atoms with Crippen molar-refractivity contribution in [3.05, 3.63) is 29.8 Å². The molecular formula is C7H9CaO5+. The van der Waals surface area contributed by atoms with Crippen molar-refractivity contribution in [3.63, 3.8) is 0 Å². The molecular weight excluding hydrogens is 204 g/mol. The molecule has 0 aliphatic carbocycles. The Kier molecular flexibility index (Phi) is 11.7. The van der Waals surface area contributed by atoms with Gasteiger partial charge in [0.05, 0.1) is 5.56 Å². The number of aromatic carboxylic acids is 1. The van der Waals surface area contributed by atoms with Gasteiger partial charge in [-0.15, -0.1) is 0 Å². The molecule has 5 N–H and O–H groups in total. The van der Waals surface area contributed by atoms with E-state index in [0.29, 0.717) is 0 Å². The SMILES string of the molecule is O.O.O=C(O)c1ccccc1[O-].[Ca+2]. The van der Waals surface area contributed by atoms with Crippen LogP contribution < -0.4 is 5.11 Å². The zero-order valence-corrected chi connectivity index (χ0v) is 8.99. The zero-order valence-electron chi connectivity index (χ0n) is 6.78. The van der Waals surface area contributed by atoms with E-state index in [4.69, 9.17) is 5.11 Å². The second-order valence-corrected chi connectivity index (χ2v) is 1.80. The standard InChI is InChI=1S/C7H6O3.Ca.2H2O/c8-6-4-2-1-3-5(6)7(9)10;;;/h1-4,8H,(H,9,10);;2*1H2/q;+2;;/p-1. The fourth-order valence-electron chi connectivity index (χ4n) is 0.643. The normalized spacial score (nSPS) is 7.08. The molecule has 68 valence electrons. The Bertz CT molecular complexity index is 263. The summed E-state index contributed by atoms with van der Waals surface area (Å²) >= 11 is 0. The number of para-hydroxylation sites is 1. The summed E-state index contributed by atoms with van der Waals surface area (Å²) in [5.74, 6) is -1.62. The van der Waals surface area contributed by atoms with E-state index < -0.39 is 11.7 Å². The molecule has 0 aromatic heterocycles. The van der Waals surface area contributed by atoms with Gasteiger partial charge in [-0.1, -0.05) is 23.9 Å². The maximum atomic E-state index is 10.7. The third-order valence-corrected chi connectivity index (χ3v) is 1.12. The summed E-state index contributed by atoms with van der Waals surface area (Å²) in [5, 5.41) is 19.0. The topological polar surface area (TPSA) is 123 Å². The monoisotopic (exact) mass is 213 g/mol. The van der Waals surface area contributed by atoms with Crippen molar-refractivity contribution in [3.8, 4) is 5.75 Å². The van der Waals surface area contributed by atoms with Crippen molar-refractivity contribution in [1.82, 2.24) is 0 Å². The molecule has 0 aliphatic rings. The number of carbonyl (C=O) groups is 1. The van der Waals surface area contributed by atoms with Crippen LogP contribution in [-0.4, -0.2) is 59.8 Å². The molecule has 0 radical (unpaired) electrons. The first-order valence-electron chi connectivity index (χ1n) is 2.71. The van der Waals surface area contributed by atoms with Crippen LogP contribution in [0.15, 0.2) is 24.3 Å². The van der Waals surface area contributed by atoms with Crippen LogP contribution in [0.4, 0.5) is 0 Å². The van der Waals surface area contributed by atoms with Crippen LogP contribution in [0.25, 0.3) is 0 Å². The van der Waals surface area contributed by atoms with Gasteiger partial charge in [0.1, 0.15) is 0 Å². The molecule has 0 spiro atoms. The summed E-state index contributed by atoms with van der Waals surface area (Å²) < 4.78 is 0. The van der Waals surface area contributed by atoms with Crippen LogP contribution in [-0.2, 0) is 0 Å². The van der Waals surface area contributed by atoms with Gasteiger partial charge in [0.15, 0.2) is 0 Å². The van der Waals surface area contributed by atoms with E-state index in [1.165, 1.54) is 24.3 Å². The molecule has 1 rings (SSSR count). The molecule has 0 saturated heterocycles. The van der Waals surface area contributed by atoms with Gasteiger partial charge in [0.25, 0.3) is 0 Å². The van der Waals surface area contributed by atoms with Gasteiger partial charge in [-0.25, -0.2) is 4.79 Å². The van der Waals surface area contributed by atoms with Crippen molar-refractivity contribution in [2.24, 2.45) is 0 Å². The Hall–Kier alpha value is -0.330. The second kappa shape index (κ2) is 8.28. The molecule has 0 atom stereocenters. The Labute approximate surface area is 105 Å². The Morgan fingerprint density at radius 1 is 1.23 bits per heavy atom. The smallest absolute Gasteiger partial charge is 0.872 e. The van der Waals surface area contributed by atoms with Crippen molar-refractivity contribution in [2.45, 2.75) is 0 Å². The van der Waals surface area contributed by atoms with Crippen molar-refractivity contribution in [2.75, 3.05) is 0 Å². The van der Waals surface area contributed by atoms with Crippen LogP contribution in [0.3, 0.4) is 0 Å². The minimum Gasteiger partial charge on any atom is -0.872 e. The number of hydrogen-bond acceptors (Lipinski definition) is 2. The van der Waals surface area contributed by atoms with Gasteiger partial charge in [-0.2, -0.15) is 0 Å². The maximum Gasteiger partial charge on any atom is 2.00 e. The Morgan fingerprint density at radius 3 is 2.00 bits per heavy atom. The van der Waals surface area contributed by atoms with E-state index in [2.05, 4.69) is 0 Å². The number of carboxylic acid groups (broad SMARTS) is 1. The number of rotatable bonds is 1. The van der Waals surface area contributed by atoms with Crippen LogP contribution >= 0.6 is 0 Å². The molecule has 0 heterocycles. The van der Waals surface area contributed by atoms with E-state index in [1.54, 1.807) is 0 Å². The fraction of sp³-hybridized carbons (Fsp3) is 0. The molecule has 0 unspecified atom stereocenters. The third kappa shape index (κ3) is 5.07. The molecule has 0 fully saturated rings. The summed E-state index contributed by atoms with van der Waals surface area (Å²) in [5.41, 5.74) is -0.178. The Morgan fingerprint density at radius 2 is 1.69 bits per heavy atom. The maximum absolute atomic E-state index is 10.7. The molecule has 0 bridgehead atoms. The first kappa shape index (κ1) is 18.5. The molecule has 1 aromatic rings. The molecule has 1 aromatic carbocycles. The van der Waals surface area contributed by atoms with Gasteiger partial charge < -0.3 is 21.2 Å². The average molecular weight is 213 g/mol. The number of carboxylic acids is 1. The molecule has 6 heteroatoms. The van der Waals surface area contributed by atoms with Crippen LogP contribution in [0.5, 0.6) is 5.75 Å². The average Bonchev–Trinajstić information content (AvgIpc) is 1.88. The van der Waals surface area contributed by atoms with Crippen LogP contribution in [0.1, 0.15) is 10.4 Å². The van der Waals surface area contributed by atoms with Gasteiger partial charge in [-0.3, -0.25) is 0 Å². The molecule has 0 saturated carbocycles. The van der Waals surface area contributed by atoms with Gasteiger partial charge in [0, 0.05) is 0 Å². The molecule has 0 amide bonds. The first-order chi connectivity index (χ1) is 4.72. The van der Waals surface area contributed by atoms with E-state index >= 15 is 0 Å². The predicted molar refractivity (Wildman–Crippen MR) is 45.8 cm³/mol. The summed E-state index contributed by atoms with van der Waals surface area (Å²) in [6, 6.07) is 5.54. The van der Waals surface area contributed by atoms with E-state index in [0.717, 1.165) is 0 Å². The van der Waals surface area contributed by atoms with Crippen molar-refractivity contribution < 1.29 is 26.0 Å².